The molecule has 2 amide bonds. The first kappa shape index (κ1) is 20.1. The number of carbonyl (C=O) groups excluding carboxylic acids is 2. The van der Waals surface area contributed by atoms with Gasteiger partial charge in [-0.3, -0.25) is 9.59 Å². The van der Waals surface area contributed by atoms with Gasteiger partial charge in [-0.2, -0.15) is 4.57 Å². The Morgan fingerprint density at radius 1 is 0.852 bits per heavy atom. The van der Waals surface area contributed by atoms with E-state index in [1.165, 1.54) is 0 Å². The average molecular weight is 382 g/mol. The standard InChI is InChI=1S/C21H19N3O2.ClH/c1-16-7-5-9-18(13-16)23-21(26)17-8-6-10-19(14-17)22-20(25)15-24-11-3-2-4-12-24;/h2-14H,15H2,1H3,(H-,22,23,25,26);1H. The van der Waals surface area contributed by atoms with Crippen LogP contribution in [-0.4, -0.2) is 11.8 Å². The van der Waals surface area contributed by atoms with Crippen LogP contribution in [0.25, 0.3) is 0 Å². The van der Waals surface area contributed by atoms with Crippen molar-refractivity contribution >= 4 is 23.2 Å². The summed E-state index contributed by atoms with van der Waals surface area (Å²) in [5.74, 6) is -0.374. The first-order chi connectivity index (χ1) is 12.6. The summed E-state index contributed by atoms with van der Waals surface area (Å²) in [6, 6.07) is 20.1. The molecule has 1 heterocycles. The molecule has 1 aromatic heterocycles. The maximum atomic E-state index is 12.4. The van der Waals surface area contributed by atoms with E-state index < -0.39 is 0 Å². The second-order valence-electron chi connectivity index (χ2n) is 6.00. The van der Waals surface area contributed by atoms with Crippen molar-refractivity contribution in [2.75, 3.05) is 10.6 Å². The lowest BCUT2D eigenvalue weighted by molar-refractivity contribution is -0.684. The van der Waals surface area contributed by atoms with Crippen molar-refractivity contribution < 1.29 is 26.6 Å². The zero-order valence-electron chi connectivity index (χ0n) is 14.9. The molecule has 0 saturated carbocycles. The van der Waals surface area contributed by atoms with Crippen molar-refractivity contribution in [3.63, 3.8) is 0 Å². The van der Waals surface area contributed by atoms with Crippen LogP contribution < -0.4 is 27.6 Å². The number of hydrogen-bond acceptors (Lipinski definition) is 2. The lowest BCUT2D eigenvalue weighted by Crippen LogP contribution is -3.00. The molecular weight excluding hydrogens is 362 g/mol. The molecule has 0 aliphatic rings. The van der Waals surface area contributed by atoms with Gasteiger partial charge >= 0.3 is 0 Å². The number of hydrogen-bond donors (Lipinski definition) is 2. The molecule has 0 spiro atoms. The highest BCUT2D eigenvalue weighted by molar-refractivity contribution is 6.05. The van der Waals surface area contributed by atoms with Crippen LogP contribution >= 0.6 is 0 Å². The number of anilines is 2. The number of halogens is 1. The molecule has 6 heteroatoms. The summed E-state index contributed by atoms with van der Waals surface area (Å²) < 4.78 is 1.78. The van der Waals surface area contributed by atoms with Gasteiger partial charge in [-0.15, -0.1) is 0 Å². The summed E-state index contributed by atoms with van der Waals surface area (Å²) in [6.45, 7) is 2.18. The minimum atomic E-state index is -0.218. The van der Waals surface area contributed by atoms with Crippen molar-refractivity contribution in [3.05, 3.63) is 90.3 Å². The van der Waals surface area contributed by atoms with Crippen LogP contribution in [0.1, 0.15) is 15.9 Å². The average Bonchev–Trinajstić information content (AvgIpc) is 2.62. The topological polar surface area (TPSA) is 62.1 Å². The van der Waals surface area contributed by atoms with E-state index >= 15 is 0 Å². The Kier molecular flexibility index (Phi) is 7.08. The summed E-state index contributed by atoms with van der Waals surface area (Å²) in [5, 5.41) is 5.68. The van der Waals surface area contributed by atoms with Crippen molar-refractivity contribution in [1.29, 1.82) is 0 Å². The molecule has 0 saturated heterocycles. The SMILES string of the molecule is Cc1cccc(NC(=O)c2cccc(NC(=O)C[n+]3ccccc3)c2)c1.[Cl-]. The predicted molar refractivity (Wildman–Crippen MR) is 101 cm³/mol. The number of amides is 2. The van der Waals surface area contributed by atoms with E-state index in [-0.39, 0.29) is 30.8 Å². The maximum absolute atomic E-state index is 12.4. The summed E-state index contributed by atoms with van der Waals surface area (Å²) in [7, 11) is 0. The van der Waals surface area contributed by atoms with Gasteiger partial charge in [0.2, 0.25) is 6.54 Å². The van der Waals surface area contributed by atoms with Gasteiger partial charge in [0, 0.05) is 29.1 Å². The number of rotatable bonds is 5. The Morgan fingerprint density at radius 2 is 1.52 bits per heavy atom. The van der Waals surface area contributed by atoms with Crippen LogP contribution in [0.5, 0.6) is 0 Å². The largest absolute Gasteiger partial charge is 1.00 e. The third-order valence-corrected chi connectivity index (χ3v) is 3.79. The van der Waals surface area contributed by atoms with Gasteiger partial charge < -0.3 is 23.0 Å². The second kappa shape index (κ2) is 9.50. The fourth-order valence-electron chi connectivity index (χ4n) is 2.57. The summed E-state index contributed by atoms with van der Waals surface area (Å²) in [5.41, 5.74) is 2.88. The van der Waals surface area contributed by atoms with Crippen LogP contribution in [-0.2, 0) is 11.3 Å². The molecule has 0 bridgehead atoms. The maximum Gasteiger partial charge on any atom is 0.290 e. The highest BCUT2D eigenvalue weighted by Gasteiger charge is 2.11. The fourth-order valence-corrected chi connectivity index (χ4v) is 2.57. The van der Waals surface area contributed by atoms with E-state index in [0.29, 0.717) is 11.3 Å². The van der Waals surface area contributed by atoms with Crippen LogP contribution in [0.4, 0.5) is 11.4 Å². The second-order valence-corrected chi connectivity index (χ2v) is 6.00. The predicted octanol–water partition coefficient (Wildman–Crippen LogP) is 0.178. The van der Waals surface area contributed by atoms with Crippen LogP contribution in [0.2, 0.25) is 0 Å². The highest BCUT2D eigenvalue weighted by atomic mass is 35.5. The molecule has 0 atom stereocenters. The summed E-state index contributed by atoms with van der Waals surface area (Å²) in [4.78, 5) is 24.6. The van der Waals surface area contributed by atoms with Crippen LogP contribution in [0.3, 0.4) is 0 Å². The molecule has 0 fully saturated rings. The van der Waals surface area contributed by atoms with Crippen molar-refractivity contribution in [2.45, 2.75) is 13.5 Å². The van der Waals surface area contributed by atoms with Gasteiger partial charge in [0.1, 0.15) is 0 Å². The van der Waals surface area contributed by atoms with Crippen LogP contribution in [0, 0.1) is 6.92 Å². The number of nitrogens with one attached hydrogen (secondary N) is 2. The number of aryl methyl sites for hydroxylation is 1. The van der Waals surface area contributed by atoms with E-state index in [2.05, 4.69) is 10.6 Å². The Labute approximate surface area is 164 Å². The van der Waals surface area contributed by atoms with E-state index in [0.717, 1.165) is 11.3 Å². The lowest BCUT2D eigenvalue weighted by atomic mass is 10.1. The van der Waals surface area contributed by atoms with Gasteiger partial charge in [-0.1, -0.05) is 24.3 Å². The number of aromatic nitrogens is 1. The number of pyridine rings is 1. The molecule has 3 rings (SSSR count). The molecule has 0 aliphatic carbocycles. The van der Waals surface area contributed by atoms with Gasteiger partial charge in [0.25, 0.3) is 11.8 Å². The zero-order valence-corrected chi connectivity index (χ0v) is 15.6. The van der Waals surface area contributed by atoms with Crippen LogP contribution in [0.15, 0.2) is 79.1 Å². The normalized spacial score (nSPS) is 9.81. The van der Waals surface area contributed by atoms with Crippen molar-refractivity contribution in [1.82, 2.24) is 0 Å². The Morgan fingerprint density at radius 3 is 2.22 bits per heavy atom. The number of benzene rings is 2. The first-order valence-corrected chi connectivity index (χ1v) is 8.32. The van der Waals surface area contributed by atoms with Gasteiger partial charge in [-0.25, -0.2) is 0 Å². The summed E-state index contributed by atoms with van der Waals surface area (Å²) in [6.07, 6.45) is 3.65. The fraction of sp³-hybridized carbons (Fsp3) is 0.0952. The monoisotopic (exact) mass is 381 g/mol. The Balaban J connectivity index is 0.00000261. The molecule has 2 N–H and O–H groups in total. The minimum Gasteiger partial charge on any atom is -1.00 e. The smallest absolute Gasteiger partial charge is 0.290 e. The summed E-state index contributed by atoms with van der Waals surface area (Å²) >= 11 is 0. The molecule has 27 heavy (non-hydrogen) atoms. The minimum absolute atomic E-state index is 0. The molecule has 5 nitrogen and oxygen atoms in total. The molecular formula is C21H20ClN3O2. The number of carbonyl (C=O) groups is 2. The molecule has 0 aliphatic heterocycles. The zero-order chi connectivity index (χ0) is 18.4. The molecule has 2 aromatic carbocycles. The van der Waals surface area contributed by atoms with E-state index in [1.807, 2.05) is 61.8 Å². The molecule has 3 aromatic rings. The molecule has 138 valence electrons. The van der Waals surface area contributed by atoms with Crippen molar-refractivity contribution in [2.24, 2.45) is 0 Å². The number of nitrogens with zero attached hydrogens (tertiary/aromatic N) is 1. The third kappa shape index (κ3) is 5.94. The Hall–Kier alpha value is -3.18. The quantitative estimate of drug-likeness (QED) is 0.619. The Bertz CT molecular complexity index is 929. The van der Waals surface area contributed by atoms with Crippen molar-refractivity contribution in [3.8, 4) is 0 Å². The molecule has 0 radical (unpaired) electrons. The highest BCUT2D eigenvalue weighted by Crippen LogP contribution is 2.14. The van der Waals surface area contributed by atoms with E-state index in [1.54, 1.807) is 28.8 Å². The van der Waals surface area contributed by atoms with Gasteiger partial charge in [-0.05, 0) is 42.8 Å². The van der Waals surface area contributed by atoms with Gasteiger partial charge in [0.05, 0.1) is 0 Å². The van der Waals surface area contributed by atoms with E-state index in [9.17, 15) is 9.59 Å². The lowest BCUT2D eigenvalue weighted by Gasteiger charge is -2.08. The first-order valence-electron chi connectivity index (χ1n) is 8.32. The third-order valence-electron chi connectivity index (χ3n) is 3.79. The molecule has 0 unspecified atom stereocenters. The van der Waals surface area contributed by atoms with Gasteiger partial charge in [0.15, 0.2) is 12.4 Å². The van der Waals surface area contributed by atoms with E-state index in [4.69, 9.17) is 0 Å².